The molecule has 0 aromatic heterocycles. The summed E-state index contributed by atoms with van der Waals surface area (Å²) < 4.78 is 13.6. The molecule has 1 saturated heterocycles. The Hall–Kier alpha value is -0.160. The fourth-order valence-electron chi connectivity index (χ4n) is 1.99. The van der Waals surface area contributed by atoms with Gasteiger partial charge >= 0.3 is 0 Å². The van der Waals surface area contributed by atoms with Crippen LogP contribution in [-0.2, 0) is 6.54 Å². The van der Waals surface area contributed by atoms with Crippen LogP contribution in [0.2, 0.25) is 0 Å². The lowest BCUT2D eigenvalue weighted by Gasteiger charge is -2.33. The van der Waals surface area contributed by atoms with E-state index in [4.69, 9.17) is 0 Å². The molecule has 96 valence electrons. The van der Waals surface area contributed by atoms with Crippen LogP contribution in [0.1, 0.15) is 12.5 Å². The van der Waals surface area contributed by atoms with Gasteiger partial charge in [0.2, 0.25) is 0 Å². The lowest BCUT2D eigenvalue weighted by molar-refractivity contribution is 0.165. The Bertz CT molecular complexity index is 376. The van der Waals surface area contributed by atoms with Crippen molar-refractivity contribution in [2.75, 3.05) is 19.6 Å². The molecule has 0 amide bonds. The summed E-state index contributed by atoms with van der Waals surface area (Å²) in [6.07, 6.45) is 0. The molecule has 1 aliphatic rings. The fraction of sp³-hybridized carbons (Fsp3) is 0.500. The maximum atomic E-state index is 13.1. The molecule has 0 unspecified atom stereocenters. The smallest absolute Gasteiger partial charge is 0.137 e. The zero-order valence-electron chi connectivity index (χ0n) is 9.75. The van der Waals surface area contributed by atoms with Gasteiger partial charge in [-0.1, -0.05) is 6.07 Å². The van der Waals surface area contributed by atoms with Crippen LogP contribution in [-0.4, -0.2) is 30.6 Å². The molecule has 1 aliphatic heterocycles. The molecule has 1 atom stereocenters. The van der Waals surface area contributed by atoms with Gasteiger partial charge in [-0.15, -0.1) is 12.4 Å². The average Bonchev–Trinajstić information content (AvgIpc) is 2.27. The quantitative estimate of drug-likeness (QED) is 0.900. The van der Waals surface area contributed by atoms with Gasteiger partial charge in [-0.05, 0) is 40.5 Å². The van der Waals surface area contributed by atoms with Gasteiger partial charge < -0.3 is 5.32 Å². The maximum absolute atomic E-state index is 13.1. The van der Waals surface area contributed by atoms with Crippen LogP contribution in [0.5, 0.6) is 0 Å². The predicted octanol–water partition coefficient (Wildman–Crippen LogP) is 2.80. The molecule has 2 nitrogen and oxygen atoms in total. The maximum Gasteiger partial charge on any atom is 0.137 e. The number of hydrogen-bond donors (Lipinski definition) is 1. The van der Waals surface area contributed by atoms with E-state index >= 15 is 0 Å². The largest absolute Gasteiger partial charge is 0.314 e. The van der Waals surface area contributed by atoms with Gasteiger partial charge in [-0.25, -0.2) is 4.39 Å². The SMILES string of the molecule is C[C@H]1CNCCN1Cc1ccc(F)c(Br)c1.Cl. The Morgan fingerprint density at radius 1 is 1.53 bits per heavy atom. The summed E-state index contributed by atoms with van der Waals surface area (Å²) in [7, 11) is 0. The lowest BCUT2D eigenvalue weighted by Crippen LogP contribution is -2.49. The molecular formula is C12H17BrClFN2. The minimum Gasteiger partial charge on any atom is -0.314 e. The number of halogens is 3. The first-order chi connectivity index (χ1) is 7.66. The van der Waals surface area contributed by atoms with Crippen molar-refractivity contribution in [1.82, 2.24) is 10.2 Å². The van der Waals surface area contributed by atoms with Crippen LogP contribution < -0.4 is 5.32 Å². The molecule has 5 heteroatoms. The number of piperazine rings is 1. The van der Waals surface area contributed by atoms with E-state index in [2.05, 4.69) is 33.1 Å². The van der Waals surface area contributed by atoms with Crippen molar-refractivity contribution >= 4 is 28.3 Å². The van der Waals surface area contributed by atoms with E-state index in [1.807, 2.05) is 12.1 Å². The first kappa shape index (κ1) is 14.9. The molecule has 0 aliphatic carbocycles. The fourth-order valence-corrected chi connectivity index (χ4v) is 2.42. The molecule has 1 heterocycles. The van der Waals surface area contributed by atoms with E-state index in [0.29, 0.717) is 10.5 Å². The predicted molar refractivity (Wildman–Crippen MR) is 74.1 cm³/mol. The minimum atomic E-state index is -0.197. The number of nitrogens with zero attached hydrogens (tertiary/aromatic N) is 1. The number of hydrogen-bond acceptors (Lipinski definition) is 2. The third kappa shape index (κ3) is 3.91. The summed E-state index contributed by atoms with van der Waals surface area (Å²) in [6.45, 7) is 6.22. The van der Waals surface area contributed by atoms with Gasteiger partial charge in [0.05, 0.1) is 4.47 Å². The van der Waals surface area contributed by atoms with Crippen molar-refractivity contribution in [2.24, 2.45) is 0 Å². The highest BCUT2D eigenvalue weighted by Gasteiger charge is 2.17. The van der Waals surface area contributed by atoms with Crippen molar-refractivity contribution in [1.29, 1.82) is 0 Å². The number of benzene rings is 1. The van der Waals surface area contributed by atoms with Gasteiger partial charge in [0.1, 0.15) is 5.82 Å². The average molecular weight is 324 g/mol. The zero-order valence-corrected chi connectivity index (χ0v) is 12.2. The summed E-state index contributed by atoms with van der Waals surface area (Å²) in [6, 6.07) is 5.78. The van der Waals surface area contributed by atoms with Crippen molar-refractivity contribution in [2.45, 2.75) is 19.5 Å². The van der Waals surface area contributed by atoms with Crippen molar-refractivity contribution in [3.05, 3.63) is 34.1 Å². The van der Waals surface area contributed by atoms with E-state index in [9.17, 15) is 4.39 Å². The molecule has 0 saturated carbocycles. The number of nitrogens with one attached hydrogen (secondary N) is 1. The monoisotopic (exact) mass is 322 g/mol. The second kappa shape index (κ2) is 6.69. The Morgan fingerprint density at radius 2 is 2.29 bits per heavy atom. The Kier molecular flexibility index (Phi) is 5.86. The summed E-state index contributed by atoms with van der Waals surface area (Å²) in [4.78, 5) is 2.41. The van der Waals surface area contributed by atoms with Crippen molar-refractivity contribution in [3.8, 4) is 0 Å². The molecular weight excluding hydrogens is 307 g/mol. The highest BCUT2D eigenvalue weighted by atomic mass is 79.9. The molecule has 1 fully saturated rings. The minimum absolute atomic E-state index is 0. The summed E-state index contributed by atoms with van der Waals surface area (Å²) in [5, 5.41) is 3.36. The third-order valence-corrected chi connectivity index (χ3v) is 3.62. The van der Waals surface area contributed by atoms with E-state index < -0.39 is 0 Å². The molecule has 2 rings (SSSR count). The molecule has 0 bridgehead atoms. The number of rotatable bonds is 2. The van der Waals surface area contributed by atoms with Crippen LogP contribution in [0, 0.1) is 5.82 Å². The molecule has 1 aromatic carbocycles. The Morgan fingerprint density at radius 3 is 2.94 bits per heavy atom. The molecule has 1 aromatic rings. The van der Waals surface area contributed by atoms with Crippen LogP contribution in [0.15, 0.2) is 22.7 Å². The summed E-state index contributed by atoms with van der Waals surface area (Å²) in [5.41, 5.74) is 1.15. The summed E-state index contributed by atoms with van der Waals surface area (Å²) in [5.74, 6) is -0.197. The zero-order chi connectivity index (χ0) is 11.5. The summed E-state index contributed by atoms with van der Waals surface area (Å²) >= 11 is 3.22. The Balaban J connectivity index is 0.00000144. The van der Waals surface area contributed by atoms with Crippen LogP contribution in [0.3, 0.4) is 0 Å². The topological polar surface area (TPSA) is 15.3 Å². The normalized spacial score (nSPS) is 21.0. The second-order valence-corrected chi connectivity index (χ2v) is 5.13. The van der Waals surface area contributed by atoms with Gasteiger partial charge in [-0.3, -0.25) is 4.90 Å². The molecule has 1 N–H and O–H groups in total. The van der Waals surface area contributed by atoms with Gasteiger partial charge in [0.25, 0.3) is 0 Å². The van der Waals surface area contributed by atoms with E-state index in [1.165, 1.54) is 6.07 Å². The van der Waals surface area contributed by atoms with Crippen LogP contribution in [0.4, 0.5) is 4.39 Å². The van der Waals surface area contributed by atoms with Gasteiger partial charge in [-0.2, -0.15) is 0 Å². The van der Waals surface area contributed by atoms with E-state index in [-0.39, 0.29) is 18.2 Å². The Labute approximate surface area is 116 Å². The first-order valence-corrected chi connectivity index (χ1v) is 6.35. The van der Waals surface area contributed by atoms with Gasteiger partial charge in [0.15, 0.2) is 0 Å². The van der Waals surface area contributed by atoms with Crippen molar-refractivity contribution < 1.29 is 4.39 Å². The highest BCUT2D eigenvalue weighted by Crippen LogP contribution is 2.18. The first-order valence-electron chi connectivity index (χ1n) is 5.55. The lowest BCUT2D eigenvalue weighted by atomic mass is 10.1. The van der Waals surface area contributed by atoms with E-state index in [0.717, 1.165) is 31.7 Å². The third-order valence-electron chi connectivity index (χ3n) is 3.01. The molecule has 17 heavy (non-hydrogen) atoms. The second-order valence-electron chi connectivity index (χ2n) is 4.27. The molecule has 0 radical (unpaired) electrons. The molecule has 0 spiro atoms. The van der Waals surface area contributed by atoms with E-state index in [1.54, 1.807) is 0 Å². The van der Waals surface area contributed by atoms with Crippen LogP contribution in [0.25, 0.3) is 0 Å². The van der Waals surface area contributed by atoms with Gasteiger partial charge in [0, 0.05) is 32.2 Å². The van der Waals surface area contributed by atoms with Crippen LogP contribution >= 0.6 is 28.3 Å². The highest BCUT2D eigenvalue weighted by molar-refractivity contribution is 9.10. The standard InChI is InChI=1S/C12H16BrFN2.ClH/c1-9-7-15-4-5-16(9)8-10-2-3-12(14)11(13)6-10;/h2-3,6,9,15H,4-5,7-8H2,1H3;1H/t9-;/m0./s1. The van der Waals surface area contributed by atoms with Crippen molar-refractivity contribution in [3.63, 3.8) is 0 Å².